The van der Waals surface area contributed by atoms with Crippen molar-refractivity contribution in [1.29, 1.82) is 0 Å². The fourth-order valence-corrected chi connectivity index (χ4v) is 3.27. The van der Waals surface area contributed by atoms with Crippen LogP contribution >= 0.6 is 0 Å². The summed E-state index contributed by atoms with van der Waals surface area (Å²) in [4.78, 5) is 10.9. The zero-order valence-electron chi connectivity index (χ0n) is 9.88. The number of anilines is 1. The molecule has 2 rings (SSSR count). The number of hydrogen-bond donors (Lipinski definition) is 2. The zero-order valence-corrected chi connectivity index (χ0v) is 10.7. The molecule has 0 aliphatic carbocycles. The minimum atomic E-state index is -3.58. The van der Waals surface area contributed by atoms with E-state index >= 15 is 0 Å². The first-order valence-corrected chi connectivity index (χ1v) is 7.03. The number of rotatable bonds is 4. The lowest BCUT2D eigenvalue weighted by Gasteiger charge is -2.19. The Labute approximate surface area is 105 Å². The molecule has 7 heteroatoms. The highest BCUT2D eigenvalue weighted by molar-refractivity contribution is 7.90. The van der Waals surface area contributed by atoms with E-state index < -0.39 is 16.2 Å². The number of carboxylic acids is 1. The van der Waals surface area contributed by atoms with Gasteiger partial charge in [0.15, 0.2) is 0 Å². The first-order chi connectivity index (χ1) is 8.45. The largest absolute Gasteiger partial charge is 0.478 e. The minimum Gasteiger partial charge on any atom is -0.478 e. The molecule has 0 spiro atoms. The molecule has 1 aromatic rings. The van der Waals surface area contributed by atoms with Gasteiger partial charge in [0.25, 0.3) is 0 Å². The van der Waals surface area contributed by atoms with Crippen LogP contribution in [0.15, 0.2) is 18.2 Å². The van der Waals surface area contributed by atoms with Gasteiger partial charge in [-0.2, -0.15) is 13.1 Å². The third kappa shape index (κ3) is 2.19. The predicted octanol–water partition coefficient (Wildman–Crippen LogP) is 0.602. The van der Waals surface area contributed by atoms with Crippen molar-refractivity contribution in [3.63, 3.8) is 0 Å². The van der Waals surface area contributed by atoms with Crippen molar-refractivity contribution in [3.8, 4) is 0 Å². The maximum absolute atomic E-state index is 11.9. The monoisotopic (exact) mass is 270 g/mol. The van der Waals surface area contributed by atoms with Gasteiger partial charge in [-0.25, -0.2) is 4.79 Å². The van der Waals surface area contributed by atoms with Crippen molar-refractivity contribution < 1.29 is 18.3 Å². The Hall–Kier alpha value is -1.60. The normalized spacial score (nSPS) is 14.6. The van der Waals surface area contributed by atoms with Crippen LogP contribution in [0.5, 0.6) is 0 Å². The summed E-state index contributed by atoms with van der Waals surface area (Å²) in [7, 11) is -3.58. The molecule has 0 saturated heterocycles. The van der Waals surface area contributed by atoms with Crippen LogP contribution in [-0.2, 0) is 16.6 Å². The zero-order chi connectivity index (χ0) is 13.3. The fraction of sp³-hybridized carbons (Fsp3) is 0.364. The number of hydrogen-bond acceptors (Lipinski definition) is 3. The number of carbonyl (C=O) groups is 1. The van der Waals surface area contributed by atoms with Crippen molar-refractivity contribution in [1.82, 2.24) is 4.72 Å². The van der Waals surface area contributed by atoms with Gasteiger partial charge in [0.05, 0.1) is 11.3 Å². The molecule has 6 nitrogen and oxygen atoms in total. The maximum atomic E-state index is 11.9. The molecule has 1 aliphatic heterocycles. The fourth-order valence-electron chi connectivity index (χ4n) is 1.99. The number of aromatic carboxylic acids is 1. The minimum absolute atomic E-state index is 0.0901. The number of fused-ring (bicyclic) bond motifs is 1. The Kier molecular flexibility index (Phi) is 3.27. The average Bonchev–Trinajstić information content (AvgIpc) is 2.71. The molecule has 0 aromatic heterocycles. The van der Waals surface area contributed by atoms with Gasteiger partial charge >= 0.3 is 16.2 Å². The summed E-state index contributed by atoms with van der Waals surface area (Å²) in [5.74, 6) is -1.06. The molecule has 0 atom stereocenters. The molecule has 0 radical (unpaired) electrons. The molecule has 1 heterocycles. The van der Waals surface area contributed by atoms with E-state index in [2.05, 4.69) is 4.72 Å². The predicted molar refractivity (Wildman–Crippen MR) is 67.0 cm³/mol. The van der Waals surface area contributed by atoms with Crippen LogP contribution in [0.4, 0.5) is 5.69 Å². The van der Waals surface area contributed by atoms with Gasteiger partial charge < -0.3 is 5.11 Å². The first-order valence-electron chi connectivity index (χ1n) is 5.59. The van der Waals surface area contributed by atoms with Crippen LogP contribution in [0.3, 0.4) is 0 Å². The van der Waals surface area contributed by atoms with Crippen LogP contribution in [-0.4, -0.2) is 32.6 Å². The van der Waals surface area contributed by atoms with Crippen LogP contribution in [0.1, 0.15) is 22.8 Å². The van der Waals surface area contributed by atoms with E-state index in [-0.39, 0.29) is 5.56 Å². The van der Waals surface area contributed by atoms with Crippen molar-refractivity contribution in [2.45, 2.75) is 13.3 Å². The van der Waals surface area contributed by atoms with Crippen LogP contribution in [0.2, 0.25) is 0 Å². The van der Waals surface area contributed by atoms with E-state index in [1.54, 1.807) is 13.0 Å². The summed E-state index contributed by atoms with van der Waals surface area (Å²) in [6.07, 6.45) is 0.597. The third-order valence-electron chi connectivity index (χ3n) is 2.80. The molecule has 0 saturated carbocycles. The summed E-state index contributed by atoms with van der Waals surface area (Å²) in [6.45, 7) is 2.34. The SMILES string of the molecule is CCNS(=O)(=O)N1CCc2ccc(C(=O)O)cc21. The molecule has 0 amide bonds. The molecule has 18 heavy (non-hydrogen) atoms. The van der Waals surface area contributed by atoms with Gasteiger partial charge in [-0.3, -0.25) is 4.31 Å². The Morgan fingerprint density at radius 1 is 1.50 bits per heavy atom. The van der Waals surface area contributed by atoms with Gasteiger partial charge in [0, 0.05) is 13.1 Å². The highest BCUT2D eigenvalue weighted by Crippen LogP contribution is 2.30. The topological polar surface area (TPSA) is 86.7 Å². The van der Waals surface area contributed by atoms with Gasteiger partial charge in [0.2, 0.25) is 0 Å². The first kappa shape index (κ1) is 12.8. The van der Waals surface area contributed by atoms with Crippen molar-refractivity contribution >= 4 is 21.9 Å². The Morgan fingerprint density at radius 2 is 2.22 bits per heavy atom. The quantitative estimate of drug-likeness (QED) is 0.839. The van der Waals surface area contributed by atoms with Gasteiger partial charge in [-0.15, -0.1) is 0 Å². The van der Waals surface area contributed by atoms with Crippen LogP contribution in [0.25, 0.3) is 0 Å². The molecule has 1 aromatic carbocycles. The molecule has 2 N–H and O–H groups in total. The lowest BCUT2D eigenvalue weighted by Crippen LogP contribution is -2.39. The molecular formula is C11H14N2O4S. The second kappa shape index (κ2) is 4.58. The Balaban J connectivity index is 2.43. The van der Waals surface area contributed by atoms with Gasteiger partial charge in [-0.05, 0) is 24.1 Å². The van der Waals surface area contributed by atoms with Crippen LogP contribution in [0, 0.1) is 0 Å². The van der Waals surface area contributed by atoms with Gasteiger partial charge in [0.1, 0.15) is 0 Å². The number of benzene rings is 1. The third-order valence-corrected chi connectivity index (χ3v) is 4.42. The van der Waals surface area contributed by atoms with Crippen molar-refractivity contribution in [2.24, 2.45) is 0 Å². The summed E-state index contributed by atoms with van der Waals surface area (Å²) < 4.78 is 27.5. The molecule has 0 unspecified atom stereocenters. The summed E-state index contributed by atoms with van der Waals surface area (Å²) in [5, 5.41) is 8.92. The number of nitrogens with zero attached hydrogens (tertiary/aromatic N) is 1. The van der Waals surface area contributed by atoms with E-state index in [0.717, 1.165) is 5.56 Å². The average molecular weight is 270 g/mol. The van der Waals surface area contributed by atoms with Crippen molar-refractivity contribution in [3.05, 3.63) is 29.3 Å². The van der Waals surface area contributed by atoms with Crippen LogP contribution < -0.4 is 9.03 Å². The molecule has 98 valence electrons. The van der Waals surface area contributed by atoms with Gasteiger partial charge in [-0.1, -0.05) is 13.0 Å². The highest BCUT2D eigenvalue weighted by atomic mass is 32.2. The standard InChI is InChI=1S/C11H14N2O4S/c1-2-12-18(16,17)13-6-5-8-3-4-9(11(14)15)7-10(8)13/h3-4,7,12H,2,5-6H2,1H3,(H,14,15). The Bertz CT molecular complexity index is 583. The Morgan fingerprint density at radius 3 is 2.83 bits per heavy atom. The number of carboxylic acid groups (broad SMARTS) is 1. The summed E-state index contributed by atoms with van der Waals surface area (Å²) in [6, 6.07) is 4.56. The van der Waals surface area contributed by atoms with E-state index in [0.29, 0.717) is 25.2 Å². The molecule has 1 aliphatic rings. The second-order valence-corrected chi connectivity index (χ2v) is 5.65. The lowest BCUT2D eigenvalue weighted by molar-refractivity contribution is 0.0697. The molecular weight excluding hydrogens is 256 g/mol. The second-order valence-electron chi connectivity index (χ2n) is 3.97. The molecule has 0 bridgehead atoms. The van der Waals surface area contributed by atoms with E-state index in [1.165, 1.54) is 16.4 Å². The summed E-state index contributed by atoms with van der Waals surface area (Å²) in [5.41, 5.74) is 1.39. The number of nitrogens with one attached hydrogen (secondary N) is 1. The van der Waals surface area contributed by atoms with E-state index in [9.17, 15) is 13.2 Å². The smallest absolute Gasteiger partial charge is 0.335 e. The highest BCUT2D eigenvalue weighted by Gasteiger charge is 2.29. The molecule has 0 fully saturated rings. The maximum Gasteiger partial charge on any atom is 0.335 e. The van der Waals surface area contributed by atoms with E-state index in [4.69, 9.17) is 5.11 Å². The lowest BCUT2D eigenvalue weighted by atomic mass is 10.1. The van der Waals surface area contributed by atoms with Crippen molar-refractivity contribution in [2.75, 3.05) is 17.4 Å². The van der Waals surface area contributed by atoms with E-state index in [1.807, 2.05) is 0 Å². The summed E-state index contributed by atoms with van der Waals surface area (Å²) >= 11 is 0.